The van der Waals surface area contributed by atoms with E-state index in [1.54, 1.807) is 17.1 Å². The Labute approximate surface area is 162 Å². The smallest absolute Gasteiger partial charge is 0.255 e. The number of carbonyl (C=O) groups excluding carboxylic acids is 1. The normalized spacial score (nSPS) is 10.6. The van der Waals surface area contributed by atoms with Crippen molar-refractivity contribution in [2.45, 2.75) is 13.5 Å². The Morgan fingerprint density at radius 1 is 1.07 bits per heavy atom. The summed E-state index contributed by atoms with van der Waals surface area (Å²) in [6.07, 6.45) is 6.82. The molecule has 138 valence electrons. The van der Waals surface area contributed by atoms with Crippen LogP contribution >= 0.6 is 0 Å². The van der Waals surface area contributed by atoms with Crippen LogP contribution in [0.3, 0.4) is 0 Å². The number of benzene rings is 2. The van der Waals surface area contributed by atoms with Crippen molar-refractivity contribution in [3.8, 4) is 11.3 Å². The molecule has 0 bridgehead atoms. The molecule has 0 aliphatic rings. The molecule has 7 nitrogen and oxygen atoms in total. The minimum Gasteiger partial charge on any atom is -0.322 e. The predicted molar refractivity (Wildman–Crippen MR) is 106 cm³/mol. The number of aryl methyl sites for hydroxylation is 1. The first-order valence-corrected chi connectivity index (χ1v) is 8.80. The van der Waals surface area contributed by atoms with E-state index in [1.807, 2.05) is 61.7 Å². The minimum atomic E-state index is -0.153. The van der Waals surface area contributed by atoms with Gasteiger partial charge in [-0.2, -0.15) is 0 Å². The molecule has 0 atom stereocenters. The van der Waals surface area contributed by atoms with E-state index in [0.29, 0.717) is 17.8 Å². The summed E-state index contributed by atoms with van der Waals surface area (Å²) in [5.41, 5.74) is 4.72. The first-order valence-electron chi connectivity index (χ1n) is 8.80. The summed E-state index contributed by atoms with van der Waals surface area (Å²) >= 11 is 0. The van der Waals surface area contributed by atoms with Gasteiger partial charge in [-0.15, -0.1) is 5.10 Å². The van der Waals surface area contributed by atoms with Crippen LogP contribution in [0.15, 0.2) is 73.4 Å². The van der Waals surface area contributed by atoms with Crippen LogP contribution in [0.5, 0.6) is 0 Å². The molecule has 0 radical (unpaired) electrons. The summed E-state index contributed by atoms with van der Waals surface area (Å²) in [5, 5.41) is 11.3. The molecule has 2 heterocycles. The number of aromatic nitrogens is 5. The van der Waals surface area contributed by atoms with Gasteiger partial charge < -0.3 is 5.32 Å². The molecule has 0 spiro atoms. The Kier molecular flexibility index (Phi) is 4.88. The summed E-state index contributed by atoms with van der Waals surface area (Å²) in [7, 11) is 0. The summed E-state index contributed by atoms with van der Waals surface area (Å²) < 4.78 is 1.72. The number of nitrogens with zero attached hydrogens (tertiary/aromatic N) is 5. The molecule has 2 aromatic heterocycles. The number of hydrogen-bond donors (Lipinski definition) is 1. The molecule has 0 saturated carbocycles. The molecule has 0 unspecified atom stereocenters. The maximum absolute atomic E-state index is 12.7. The van der Waals surface area contributed by atoms with Gasteiger partial charge in [-0.1, -0.05) is 35.5 Å². The lowest BCUT2D eigenvalue weighted by atomic mass is 10.0. The van der Waals surface area contributed by atoms with Gasteiger partial charge in [0.15, 0.2) is 0 Å². The van der Waals surface area contributed by atoms with Crippen molar-refractivity contribution in [1.82, 2.24) is 25.0 Å². The van der Waals surface area contributed by atoms with Crippen molar-refractivity contribution < 1.29 is 4.79 Å². The lowest BCUT2D eigenvalue weighted by molar-refractivity contribution is 0.102. The van der Waals surface area contributed by atoms with Crippen molar-refractivity contribution >= 4 is 11.6 Å². The topological polar surface area (TPSA) is 85.6 Å². The van der Waals surface area contributed by atoms with Gasteiger partial charge in [-0.25, -0.2) is 14.6 Å². The van der Waals surface area contributed by atoms with E-state index in [1.165, 1.54) is 6.33 Å². The third-order valence-corrected chi connectivity index (χ3v) is 4.31. The molecule has 0 fully saturated rings. The lowest BCUT2D eigenvalue weighted by Gasteiger charge is -2.09. The second-order valence-corrected chi connectivity index (χ2v) is 6.40. The van der Waals surface area contributed by atoms with Gasteiger partial charge in [-0.3, -0.25) is 4.79 Å². The summed E-state index contributed by atoms with van der Waals surface area (Å²) in [4.78, 5) is 20.7. The second-order valence-electron chi connectivity index (χ2n) is 6.40. The Morgan fingerprint density at radius 2 is 1.86 bits per heavy atom. The Balaban J connectivity index is 1.56. The first-order chi connectivity index (χ1) is 13.7. The average molecular weight is 370 g/mol. The number of para-hydroxylation sites is 1. The zero-order valence-electron chi connectivity index (χ0n) is 15.3. The SMILES string of the molecule is Cc1ccc(-c2cn(Cc3cncnc3)nn2)cc1C(=O)Nc1ccccc1. The van der Waals surface area contributed by atoms with E-state index in [9.17, 15) is 4.79 Å². The van der Waals surface area contributed by atoms with Gasteiger partial charge in [-0.05, 0) is 30.7 Å². The summed E-state index contributed by atoms with van der Waals surface area (Å²) in [5.74, 6) is -0.153. The first kappa shape index (κ1) is 17.5. The highest BCUT2D eigenvalue weighted by Gasteiger charge is 2.13. The fourth-order valence-electron chi connectivity index (χ4n) is 2.85. The van der Waals surface area contributed by atoms with Crippen LogP contribution in [-0.2, 0) is 6.54 Å². The zero-order valence-corrected chi connectivity index (χ0v) is 15.3. The van der Waals surface area contributed by atoms with Crippen molar-refractivity contribution in [1.29, 1.82) is 0 Å². The predicted octanol–water partition coefficient (Wildman–Crippen LogP) is 3.34. The van der Waals surface area contributed by atoms with E-state index in [2.05, 4.69) is 25.6 Å². The molecular formula is C21H18N6O. The summed E-state index contributed by atoms with van der Waals surface area (Å²) in [6, 6.07) is 15.1. The third kappa shape index (κ3) is 3.93. The molecule has 2 aromatic carbocycles. The molecule has 28 heavy (non-hydrogen) atoms. The minimum absolute atomic E-state index is 0.153. The van der Waals surface area contributed by atoms with E-state index >= 15 is 0 Å². The number of nitrogens with one attached hydrogen (secondary N) is 1. The fourth-order valence-corrected chi connectivity index (χ4v) is 2.85. The molecule has 1 amide bonds. The van der Waals surface area contributed by atoms with Gasteiger partial charge in [0.1, 0.15) is 12.0 Å². The van der Waals surface area contributed by atoms with Crippen molar-refractivity contribution in [2.75, 3.05) is 5.32 Å². The van der Waals surface area contributed by atoms with E-state index < -0.39 is 0 Å². The maximum atomic E-state index is 12.7. The summed E-state index contributed by atoms with van der Waals surface area (Å²) in [6.45, 7) is 2.44. The number of anilines is 1. The fraction of sp³-hybridized carbons (Fsp3) is 0.0952. The molecule has 4 aromatic rings. The van der Waals surface area contributed by atoms with Crippen molar-refractivity contribution in [2.24, 2.45) is 0 Å². The van der Waals surface area contributed by atoms with Crippen molar-refractivity contribution in [3.05, 3.63) is 90.1 Å². The van der Waals surface area contributed by atoms with Gasteiger partial charge in [0, 0.05) is 34.8 Å². The van der Waals surface area contributed by atoms with Crippen LogP contribution in [0.1, 0.15) is 21.5 Å². The molecule has 4 rings (SSSR count). The van der Waals surface area contributed by atoms with Crippen LogP contribution in [0.4, 0.5) is 5.69 Å². The number of carbonyl (C=O) groups is 1. The van der Waals surface area contributed by atoms with E-state index in [-0.39, 0.29) is 5.91 Å². The standard InChI is InChI=1S/C21H18N6O/c1-15-7-8-17(9-19(15)21(28)24-18-5-3-2-4-6-18)20-13-27(26-25-20)12-16-10-22-14-23-11-16/h2-11,13-14H,12H2,1H3,(H,24,28). The van der Waals surface area contributed by atoms with Crippen LogP contribution < -0.4 is 5.32 Å². The molecule has 0 aliphatic carbocycles. The lowest BCUT2D eigenvalue weighted by Crippen LogP contribution is -2.13. The average Bonchev–Trinajstić information content (AvgIpc) is 3.18. The van der Waals surface area contributed by atoms with E-state index in [0.717, 1.165) is 22.4 Å². The highest BCUT2D eigenvalue weighted by Crippen LogP contribution is 2.21. The Morgan fingerprint density at radius 3 is 2.64 bits per heavy atom. The van der Waals surface area contributed by atoms with Crippen molar-refractivity contribution in [3.63, 3.8) is 0 Å². The van der Waals surface area contributed by atoms with Gasteiger partial charge in [0.2, 0.25) is 0 Å². The molecule has 0 aliphatic heterocycles. The molecular weight excluding hydrogens is 352 g/mol. The molecule has 7 heteroatoms. The molecule has 1 N–H and O–H groups in total. The van der Waals surface area contributed by atoms with Crippen LogP contribution in [-0.4, -0.2) is 30.9 Å². The molecule has 0 saturated heterocycles. The van der Waals surface area contributed by atoms with Crippen LogP contribution in [0, 0.1) is 6.92 Å². The van der Waals surface area contributed by atoms with Crippen LogP contribution in [0.25, 0.3) is 11.3 Å². The quantitative estimate of drug-likeness (QED) is 0.582. The zero-order chi connectivity index (χ0) is 19.3. The third-order valence-electron chi connectivity index (χ3n) is 4.31. The largest absolute Gasteiger partial charge is 0.322 e. The van der Waals surface area contributed by atoms with Crippen LogP contribution in [0.2, 0.25) is 0 Å². The highest BCUT2D eigenvalue weighted by molar-refractivity contribution is 6.05. The van der Waals surface area contributed by atoms with Gasteiger partial charge in [0.05, 0.1) is 12.7 Å². The van der Waals surface area contributed by atoms with Gasteiger partial charge >= 0.3 is 0 Å². The number of amides is 1. The van der Waals surface area contributed by atoms with E-state index in [4.69, 9.17) is 0 Å². The number of rotatable bonds is 5. The monoisotopic (exact) mass is 370 g/mol. The van der Waals surface area contributed by atoms with Gasteiger partial charge in [0.25, 0.3) is 5.91 Å². The second kappa shape index (κ2) is 7.79. The Bertz CT molecular complexity index is 1090. The highest BCUT2D eigenvalue weighted by atomic mass is 16.1. The maximum Gasteiger partial charge on any atom is 0.255 e. The Hall–Kier alpha value is -3.87. The number of hydrogen-bond acceptors (Lipinski definition) is 5.